The van der Waals surface area contributed by atoms with Crippen LogP contribution in [0.1, 0.15) is 27.3 Å². The Morgan fingerprint density at radius 2 is 1.96 bits per heavy atom. The molecule has 0 unspecified atom stereocenters. The maximum absolute atomic E-state index is 12.6. The highest BCUT2D eigenvalue weighted by atomic mass is 35.5. The fourth-order valence-electron chi connectivity index (χ4n) is 2.83. The molecule has 0 atom stereocenters. The lowest BCUT2D eigenvalue weighted by Gasteiger charge is -2.09. The van der Waals surface area contributed by atoms with E-state index in [2.05, 4.69) is 10.4 Å². The van der Waals surface area contributed by atoms with Gasteiger partial charge in [0.1, 0.15) is 5.75 Å². The van der Waals surface area contributed by atoms with Gasteiger partial charge in [0.2, 0.25) is 0 Å². The number of methoxy groups -OCH3 is 1. The van der Waals surface area contributed by atoms with Crippen molar-refractivity contribution in [1.29, 1.82) is 0 Å². The van der Waals surface area contributed by atoms with Crippen LogP contribution in [0.2, 0.25) is 10.0 Å². The van der Waals surface area contributed by atoms with Crippen molar-refractivity contribution < 1.29 is 9.53 Å². The van der Waals surface area contributed by atoms with Crippen LogP contribution >= 0.6 is 23.2 Å². The summed E-state index contributed by atoms with van der Waals surface area (Å²) in [7, 11) is 1.64. The number of aryl methyl sites for hydroxylation is 1. The van der Waals surface area contributed by atoms with E-state index in [1.165, 1.54) is 0 Å². The molecule has 0 bridgehead atoms. The first-order valence-corrected chi connectivity index (χ1v) is 9.08. The van der Waals surface area contributed by atoms with Gasteiger partial charge in [0.25, 0.3) is 5.91 Å². The summed E-state index contributed by atoms with van der Waals surface area (Å²) in [5, 5.41) is 8.25. The fraction of sp³-hybridized carbons (Fsp3) is 0.200. The smallest absolute Gasteiger partial charge is 0.257 e. The molecular formula is C20H19Cl2N3O2. The maximum atomic E-state index is 12.6. The molecule has 0 aliphatic heterocycles. The number of amides is 1. The van der Waals surface area contributed by atoms with Gasteiger partial charge in [0, 0.05) is 5.02 Å². The maximum Gasteiger partial charge on any atom is 0.257 e. The van der Waals surface area contributed by atoms with Crippen LogP contribution in [0.15, 0.2) is 42.5 Å². The Kier molecular flexibility index (Phi) is 5.73. The summed E-state index contributed by atoms with van der Waals surface area (Å²) in [4.78, 5) is 12.6. The minimum absolute atomic E-state index is 0.302. The number of rotatable bonds is 5. The molecule has 0 saturated carbocycles. The van der Waals surface area contributed by atoms with Crippen LogP contribution in [0, 0.1) is 13.8 Å². The van der Waals surface area contributed by atoms with Crippen molar-refractivity contribution in [2.24, 2.45) is 0 Å². The summed E-state index contributed by atoms with van der Waals surface area (Å²) >= 11 is 12.0. The molecule has 0 aliphatic rings. The Hall–Kier alpha value is -2.50. The minimum Gasteiger partial charge on any atom is -0.497 e. The van der Waals surface area contributed by atoms with Gasteiger partial charge in [-0.15, -0.1) is 0 Å². The van der Waals surface area contributed by atoms with Crippen molar-refractivity contribution >= 4 is 34.8 Å². The fourth-order valence-corrected chi connectivity index (χ4v) is 3.32. The average molecular weight is 404 g/mol. The van der Waals surface area contributed by atoms with Gasteiger partial charge < -0.3 is 10.1 Å². The molecule has 7 heteroatoms. The highest BCUT2D eigenvalue weighted by Gasteiger charge is 2.17. The summed E-state index contributed by atoms with van der Waals surface area (Å²) in [6.45, 7) is 4.34. The standard InChI is InChI=1S/C20H19Cl2N3O2/c1-12-19(23-20(26)17-8-7-15(21)10-18(17)22)13(2)25(24-12)11-14-5-4-6-16(9-14)27-3/h4-10H,11H2,1-3H3,(H,23,26). The highest BCUT2D eigenvalue weighted by Crippen LogP contribution is 2.25. The quantitative estimate of drug-likeness (QED) is 0.643. The first-order chi connectivity index (χ1) is 12.9. The molecule has 0 saturated heterocycles. The molecule has 1 aromatic heterocycles. The largest absolute Gasteiger partial charge is 0.497 e. The molecule has 0 radical (unpaired) electrons. The van der Waals surface area contributed by atoms with E-state index in [1.54, 1.807) is 25.3 Å². The first-order valence-electron chi connectivity index (χ1n) is 8.32. The van der Waals surface area contributed by atoms with Crippen LogP contribution in [0.25, 0.3) is 0 Å². The number of hydrogen-bond acceptors (Lipinski definition) is 3. The Labute approximate surface area is 167 Å². The second-order valence-electron chi connectivity index (χ2n) is 6.13. The van der Waals surface area contributed by atoms with Gasteiger partial charge >= 0.3 is 0 Å². The molecule has 0 fully saturated rings. The lowest BCUT2D eigenvalue weighted by Crippen LogP contribution is -2.14. The van der Waals surface area contributed by atoms with Gasteiger partial charge in [0.15, 0.2) is 0 Å². The topological polar surface area (TPSA) is 56.1 Å². The van der Waals surface area contributed by atoms with E-state index in [0.717, 1.165) is 22.7 Å². The van der Waals surface area contributed by atoms with Crippen LogP contribution in [0.4, 0.5) is 5.69 Å². The molecule has 1 amide bonds. The summed E-state index contributed by atoms with van der Waals surface area (Å²) < 4.78 is 7.11. The van der Waals surface area contributed by atoms with Crippen molar-refractivity contribution in [3.8, 4) is 5.75 Å². The van der Waals surface area contributed by atoms with E-state index < -0.39 is 0 Å². The van der Waals surface area contributed by atoms with Gasteiger partial charge in [0.05, 0.1) is 41.3 Å². The Morgan fingerprint density at radius 1 is 1.19 bits per heavy atom. The van der Waals surface area contributed by atoms with Gasteiger partial charge in [-0.3, -0.25) is 9.48 Å². The van der Waals surface area contributed by atoms with Crippen LogP contribution < -0.4 is 10.1 Å². The number of carbonyl (C=O) groups excluding carboxylic acids is 1. The van der Waals surface area contributed by atoms with Crippen LogP contribution in [0.3, 0.4) is 0 Å². The van der Waals surface area contributed by atoms with E-state index in [4.69, 9.17) is 27.9 Å². The number of benzene rings is 2. The molecular weight excluding hydrogens is 385 g/mol. The first kappa shape index (κ1) is 19.3. The lowest BCUT2D eigenvalue weighted by atomic mass is 10.2. The third-order valence-electron chi connectivity index (χ3n) is 4.26. The van der Waals surface area contributed by atoms with Crippen molar-refractivity contribution in [2.75, 3.05) is 12.4 Å². The zero-order valence-electron chi connectivity index (χ0n) is 15.2. The molecule has 5 nitrogen and oxygen atoms in total. The van der Waals surface area contributed by atoms with Gasteiger partial charge in [-0.1, -0.05) is 35.3 Å². The minimum atomic E-state index is -0.302. The third-order valence-corrected chi connectivity index (χ3v) is 4.81. The van der Waals surface area contributed by atoms with E-state index in [9.17, 15) is 4.79 Å². The number of aromatic nitrogens is 2. The number of ether oxygens (including phenoxy) is 1. The Morgan fingerprint density at radius 3 is 2.67 bits per heavy atom. The van der Waals surface area contributed by atoms with E-state index in [-0.39, 0.29) is 5.91 Å². The van der Waals surface area contributed by atoms with E-state index in [1.807, 2.05) is 42.8 Å². The zero-order chi connectivity index (χ0) is 19.6. The second-order valence-corrected chi connectivity index (χ2v) is 6.98. The normalized spacial score (nSPS) is 10.7. The van der Waals surface area contributed by atoms with Gasteiger partial charge in [-0.05, 0) is 49.7 Å². The molecule has 0 spiro atoms. The van der Waals surface area contributed by atoms with Gasteiger partial charge in [-0.2, -0.15) is 5.10 Å². The molecule has 1 heterocycles. The molecule has 0 aliphatic carbocycles. The number of nitrogens with one attached hydrogen (secondary N) is 1. The molecule has 3 rings (SSSR count). The summed E-state index contributed by atoms with van der Waals surface area (Å²) in [5.74, 6) is 0.490. The number of anilines is 1. The number of hydrogen-bond donors (Lipinski definition) is 1. The molecule has 27 heavy (non-hydrogen) atoms. The van der Waals surface area contributed by atoms with Crippen molar-refractivity contribution in [2.45, 2.75) is 20.4 Å². The van der Waals surface area contributed by atoms with Gasteiger partial charge in [-0.25, -0.2) is 0 Å². The number of halogens is 2. The average Bonchev–Trinajstić information content (AvgIpc) is 2.89. The van der Waals surface area contributed by atoms with Crippen molar-refractivity contribution in [3.63, 3.8) is 0 Å². The highest BCUT2D eigenvalue weighted by molar-refractivity contribution is 6.37. The van der Waals surface area contributed by atoms with Crippen LogP contribution in [0.5, 0.6) is 5.75 Å². The third kappa shape index (κ3) is 4.26. The number of nitrogens with zero attached hydrogens (tertiary/aromatic N) is 2. The number of carbonyl (C=O) groups is 1. The predicted octanol–water partition coefficient (Wildman–Crippen LogP) is 5.12. The van der Waals surface area contributed by atoms with Crippen LogP contribution in [-0.4, -0.2) is 22.8 Å². The molecule has 2 aromatic carbocycles. The summed E-state index contributed by atoms with van der Waals surface area (Å²) in [6.07, 6.45) is 0. The van der Waals surface area contributed by atoms with Crippen molar-refractivity contribution in [1.82, 2.24) is 9.78 Å². The Bertz CT molecular complexity index is 999. The van der Waals surface area contributed by atoms with E-state index in [0.29, 0.717) is 27.8 Å². The van der Waals surface area contributed by atoms with Crippen LogP contribution in [-0.2, 0) is 6.54 Å². The summed E-state index contributed by atoms with van der Waals surface area (Å²) in [5.41, 5.74) is 3.68. The SMILES string of the molecule is COc1cccc(Cn2nc(C)c(NC(=O)c3ccc(Cl)cc3Cl)c2C)c1. The monoisotopic (exact) mass is 403 g/mol. The molecule has 1 N–H and O–H groups in total. The Balaban J connectivity index is 1.84. The molecule has 3 aromatic rings. The van der Waals surface area contributed by atoms with E-state index >= 15 is 0 Å². The second kappa shape index (κ2) is 8.03. The summed E-state index contributed by atoms with van der Waals surface area (Å²) in [6, 6.07) is 12.6. The predicted molar refractivity (Wildman–Crippen MR) is 108 cm³/mol. The van der Waals surface area contributed by atoms with Crippen molar-refractivity contribution in [3.05, 3.63) is 75.0 Å². The lowest BCUT2D eigenvalue weighted by molar-refractivity contribution is 0.102. The molecule has 140 valence electrons. The zero-order valence-corrected chi connectivity index (χ0v) is 16.7.